The van der Waals surface area contributed by atoms with Crippen LogP contribution >= 0.6 is 0 Å². The predicted molar refractivity (Wildman–Crippen MR) is 109 cm³/mol. The second-order valence-corrected chi connectivity index (χ2v) is 7.62. The summed E-state index contributed by atoms with van der Waals surface area (Å²) in [5.41, 5.74) is 6.52. The van der Waals surface area contributed by atoms with Crippen LogP contribution in [-0.2, 0) is 16.0 Å². The molecule has 0 radical (unpaired) electrons. The number of ether oxygens (including phenoxy) is 1. The third-order valence-electron chi connectivity index (χ3n) is 5.97. The molecule has 0 amide bonds. The molecule has 1 aromatic heterocycles. The van der Waals surface area contributed by atoms with E-state index >= 15 is 0 Å². The van der Waals surface area contributed by atoms with Crippen LogP contribution in [0.2, 0.25) is 0 Å². The molecule has 6 heteroatoms. The number of esters is 1. The summed E-state index contributed by atoms with van der Waals surface area (Å²) in [4.78, 5) is 17.8. The number of hydrogen-bond acceptors (Lipinski definition) is 3. The Kier molecular flexibility index (Phi) is 5.74. The number of rotatable bonds is 3. The molecule has 29 heavy (non-hydrogen) atoms. The second-order valence-electron chi connectivity index (χ2n) is 7.62. The molecule has 0 saturated heterocycles. The monoisotopic (exact) mass is 501 g/mol. The number of carbonyl (C=O) groups excluding carboxylic acids is 1. The summed E-state index contributed by atoms with van der Waals surface area (Å²) < 4.78 is 7.35. The minimum Gasteiger partial charge on any atom is -1.00 e. The van der Waals surface area contributed by atoms with Gasteiger partial charge in [0.1, 0.15) is 18.8 Å². The number of fused-ring (bicyclic) bond motifs is 4. The topological polar surface area (TPSA) is 48.3 Å². The molecule has 2 aliphatic heterocycles. The molecule has 2 aliphatic rings. The average Bonchev–Trinajstić information content (AvgIpc) is 3.12. The van der Waals surface area contributed by atoms with Gasteiger partial charge in [-0.3, -0.25) is 4.79 Å². The van der Waals surface area contributed by atoms with Crippen LogP contribution in [-0.4, -0.2) is 59.6 Å². The maximum atomic E-state index is 11.9. The zero-order chi connectivity index (χ0) is 19.1. The number of para-hydroxylation sites is 1. The van der Waals surface area contributed by atoms with Gasteiger partial charge >= 0.3 is 5.97 Å². The average molecular weight is 501 g/mol. The Morgan fingerprint density at radius 2 is 1.93 bits per heavy atom. The number of carbonyl (C=O) groups is 1. The van der Waals surface area contributed by atoms with Gasteiger partial charge in [-0.2, -0.15) is 0 Å². The molecule has 1 atom stereocenters. The van der Waals surface area contributed by atoms with Crippen molar-refractivity contribution >= 4 is 22.6 Å². The van der Waals surface area contributed by atoms with Gasteiger partial charge < -0.3 is 33.7 Å². The van der Waals surface area contributed by atoms with Crippen LogP contribution in [0.3, 0.4) is 0 Å². The first kappa shape index (κ1) is 20.1. The van der Waals surface area contributed by atoms with Crippen LogP contribution < -0.4 is 24.0 Å². The van der Waals surface area contributed by atoms with Crippen molar-refractivity contribution in [2.24, 2.45) is 0 Å². The van der Waals surface area contributed by atoms with Crippen molar-refractivity contribution in [1.29, 1.82) is 0 Å². The van der Waals surface area contributed by atoms with E-state index in [-0.39, 0.29) is 35.9 Å². The normalized spacial score (nSPS) is 18.7. The molecule has 3 heterocycles. The van der Waals surface area contributed by atoms with Crippen molar-refractivity contribution in [1.82, 2.24) is 9.88 Å². The highest BCUT2D eigenvalue weighted by Gasteiger charge is 2.41. The van der Waals surface area contributed by atoms with E-state index in [2.05, 4.69) is 69.1 Å². The molecule has 0 saturated carbocycles. The van der Waals surface area contributed by atoms with Crippen LogP contribution in [0.25, 0.3) is 10.9 Å². The van der Waals surface area contributed by atoms with Crippen molar-refractivity contribution in [3.05, 3.63) is 71.4 Å². The molecule has 0 spiro atoms. The standard InChI is InChI=1S/C23H23N3O2.HI/c1-28-21(27)14-25-13-19(16-7-3-2-4-8-16)23-22-18(11-12-26(23)15-25)17-9-5-6-10-20(17)24-22;/h2-10,19H,11-15H2,1H3;1H. The Bertz CT molecular complexity index is 1070. The van der Waals surface area contributed by atoms with Gasteiger partial charge in [0.2, 0.25) is 5.71 Å². The molecular weight excluding hydrogens is 477 g/mol. The van der Waals surface area contributed by atoms with Crippen molar-refractivity contribution < 1.29 is 38.1 Å². The first-order valence-electron chi connectivity index (χ1n) is 9.80. The van der Waals surface area contributed by atoms with E-state index in [1.807, 2.05) is 0 Å². The highest BCUT2D eigenvalue weighted by atomic mass is 127. The lowest BCUT2D eigenvalue weighted by molar-refractivity contribution is -0.556. The number of halogens is 1. The number of benzene rings is 2. The van der Waals surface area contributed by atoms with E-state index < -0.39 is 0 Å². The SMILES string of the molecule is COC(=O)CN1CC(c2ccccc2)C2=[N+](CCc3c2[nH]c2ccccc32)C1.[I-]. The third-order valence-corrected chi connectivity index (χ3v) is 5.97. The van der Waals surface area contributed by atoms with Crippen LogP contribution in [0.5, 0.6) is 0 Å². The van der Waals surface area contributed by atoms with Crippen molar-refractivity contribution in [3.63, 3.8) is 0 Å². The quantitative estimate of drug-likeness (QED) is 0.307. The Hall–Kier alpha value is -2.19. The summed E-state index contributed by atoms with van der Waals surface area (Å²) in [5.74, 6) is 0.0327. The van der Waals surface area contributed by atoms with E-state index in [9.17, 15) is 4.79 Å². The highest BCUT2D eigenvalue weighted by molar-refractivity contribution is 6.07. The molecule has 5 nitrogen and oxygen atoms in total. The van der Waals surface area contributed by atoms with Gasteiger partial charge in [-0.05, 0) is 17.2 Å². The predicted octanol–water partition coefficient (Wildman–Crippen LogP) is -0.240. The van der Waals surface area contributed by atoms with Crippen LogP contribution in [0.1, 0.15) is 22.7 Å². The summed E-state index contributed by atoms with van der Waals surface area (Å²) in [5, 5.41) is 1.33. The second kappa shape index (κ2) is 8.28. The van der Waals surface area contributed by atoms with E-state index in [0.717, 1.165) is 26.2 Å². The largest absolute Gasteiger partial charge is 1.00 e. The zero-order valence-corrected chi connectivity index (χ0v) is 18.6. The first-order valence-corrected chi connectivity index (χ1v) is 9.80. The Morgan fingerprint density at radius 1 is 1.17 bits per heavy atom. The van der Waals surface area contributed by atoms with Crippen molar-refractivity contribution in [2.75, 3.05) is 33.4 Å². The van der Waals surface area contributed by atoms with E-state index in [1.54, 1.807) is 0 Å². The highest BCUT2D eigenvalue weighted by Crippen LogP contribution is 2.33. The number of nitrogens with one attached hydrogen (secondary N) is 1. The Balaban J connectivity index is 0.00000205. The molecule has 0 fully saturated rings. The fourth-order valence-electron chi connectivity index (χ4n) is 4.70. The summed E-state index contributed by atoms with van der Waals surface area (Å²) in [6.45, 7) is 2.84. The number of nitrogens with zero attached hydrogens (tertiary/aromatic N) is 2. The molecule has 3 aromatic rings. The summed E-state index contributed by atoms with van der Waals surface area (Å²) in [6, 6.07) is 19.2. The smallest absolute Gasteiger partial charge is 0.320 e. The minimum absolute atomic E-state index is 0. The fourth-order valence-corrected chi connectivity index (χ4v) is 4.70. The Labute approximate surface area is 187 Å². The van der Waals surface area contributed by atoms with Gasteiger partial charge in [0.05, 0.1) is 13.0 Å². The maximum absolute atomic E-state index is 11.9. The number of aromatic amines is 1. The van der Waals surface area contributed by atoms with Gasteiger partial charge in [0.15, 0.2) is 6.67 Å². The molecule has 0 bridgehead atoms. The van der Waals surface area contributed by atoms with Crippen LogP contribution in [0.15, 0.2) is 54.6 Å². The summed E-state index contributed by atoms with van der Waals surface area (Å²) >= 11 is 0. The van der Waals surface area contributed by atoms with E-state index in [1.165, 1.54) is 40.5 Å². The number of methoxy groups -OCH3 is 1. The third kappa shape index (κ3) is 3.59. The lowest BCUT2D eigenvalue weighted by Gasteiger charge is -2.33. The molecule has 0 aliphatic carbocycles. The molecular formula is C23H24IN3O2. The first-order chi connectivity index (χ1) is 13.7. The lowest BCUT2D eigenvalue weighted by Crippen LogP contribution is -3.00. The molecule has 1 unspecified atom stereocenters. The van der Waals surface area contributed by atoms with E-state index in [0.29, 0.717) is 6.54 Å². The zero-order valence-electron chi connectivity index (χ0n) is 16.4. The van der Waals surface area contributed by atoms with Gasteiger partial charge in [-0.1, -0.05) is 48.5 Å². The van der Waals surface area contributed by atoms with Crippen molar-refractivity contribution in [2.45, 2.75) is 12.3 Å². The van der Waals surface area contributed by atoms with E-state index in [4.69, 9.17) is 4.74 Å². The van der Waals surface area contributed by atoms with Crippen LogP contribution in [0, 0.1) is 0 Å². The Morgan fingerprint density at radius 3 is 2.72 bits per heavy atom. The van der Waals surface area contributed by atoms with Crippen LogP contribution in [0.4, 0.5) is 0 Å². The van der Waals surface area contributed by atoms with Gasteiger partial charge in [-0.15, -0.1) is 0 Å². The molecule has 5 rings (SSSR count). The molecule has 150 valence electrons. The number of aromatic nitrogens is 1. The molecule has 1 N–H and O–H groups in total. The number of hydrogen-bond donors (Lipinski definition) is 1. The van der Waals surface area contributed by atoms with Gasteiger partial charge in [0.25, 0.3) is 0 Å². The molecule has 2 aromatic carbocycles. The number of H-pyrrole nitrogens is 1. The summed E-state index contributed by atoms with van der Waals surface area (Å²) in [7, 11) is 1.45. The van der Waals surface area contributed by atoms with Gasteiger partial charge in [0, 0.05) is 23.9 Å². The summed E-state index contributed by atoms with van der Waals surface area (Å²) in [6.07, 6.45) is 1.01. The lowest BCUT2D eigenvalue weighted by atomic mass is 9.86. The minimum atomic E-state index is -0.182. The maximum Gasteiger partial charge on any atom is 0.320 e. The van der Waals surface area contributed by atoms with Crippen molar-refractivity contribution in [3.8, 4) is 0 Å². The fraction of sp³-hybridized carbons (Fsp3) is 0.304. The van der Waals surface area contributed by atoms with Gasteiger partial charge in [-0.25, -0.2) is 9.48 Å².